The van der Waals surface area contributed by atoms with E-state index in [0.717, 1.165) is 135 Å². The number of carbonyl (C=O) groups excluding carboxylic acids is 3. The standard InChI is InChI=1S/C61H96O6/c1-4-7-10-13-16-19-22-25-27-29-31-33-36-39-42-45-48-51-54-60(63)66-57-58(56-65-59(62)53-50-47-44-41-38-35-24-21-18-15-12-9-6-3)67-61(64)55-52-49-46-43-40-37-34-32-30-28-26-23-20-17-14-11-8-5-2/h9,12,15-34,58H,4-8,10-11,13-14,35-57H2,1-3H3/b12-9-,18-15-,19-16-,20-17-,24-21-,25-22-,26-23-,29-27-,30-28-,33-31-,34-32-. The first-order valence-corrected chi connectivity index (χ1v) is 26.8. The summed E-state index contributed by atoms with van der Waals surface area (Å²) >= 11 is 0. The lowest BCUT2D eigenvalue weighted by Gasteiger charge is -2.18. The van der Waals surface area contributed by atoms with Gasteiger partial charge in [-0.25, -0.2) is 0 Å². The van der Waals surface area contributed by atoms with Crippen LogP contribution in [-0.2, 0) is 28.6 Å². The number of allylic oxidation sites excluding steroid dienone is 22. The maximum absolute atomic E-state index is 12.8. The third kappa shape index (κ3) is 52.4. The quantitative estimate of drug-likeness (QED) is 0.0262. The minimum atomic E-state index is -0.814. The fourth-order valence-corrected chi connectivity index (χ4v) is 6.82. The van der Waals surface area contributed by atoms with Gasteiger partial charge in [0, 0.05) is 19.3 Å². The molecule has 0 aliphatic heterocycles. The average Bonchev–Trinajstić information content (AvgIpc) is 3.33. The third-order valence-corrected chi connectivity index (χ3v) is 10.9. The molecule has 376 valence electrons. The Bertz CT molecular complexity index is 1480. The fourth-order valence-electron chi connectivity index (χ4n) is 6.82. The summed E-state index contributed by atoms with van der Waals surface area (Å²) in [6.07, 6.45) is 75.6. The summed E-state index contributed by atoms with van der Waals surface area (Å²) in [5.41, 5.74) is 0. The molecule has 0 aliphatic carbocycles. The van der Waals surface area contributed by atoms with Crippen LogP contribution in [0.5, 0.6) is 0 Å². The van der Waals surface area contributed by atoms with Gasteiger partial charge in [0.25, 0.3) is 0 Å². The second kappa shape index (κ2) is 54.2. The van der Waals surface area contributed by atoms with Gasteiger partial charge in [-0.2, -0.15) is 0 Å². The van der Waals surface area contributed by atoms with Gasteiger partial charge in [0.15, 0.2) is 6.10 Å². The minimum Gasteiger partial charge on any atom is -0.462 e. The van der Waals surface area contributed by atoms with Crippen molar-refractivity contribution < 1.29 is 28.6 Å². The van der Waals surface area contributed by atoms with Gasteiger partial charge in [-0.1, -0.05) is 238 Å². The zero-order valence-electron chi connectivity index (χ0n) is 42.9. The Morgan fingerprint density at radius 1 is 0.313 bits per heavy atom. The lowest BCUT2D eigenvalue weighted by atomic mass is 10.1. The fraction of sp³-hybridized carbons (Fsp3) is 0.590. The highest BCUT2D eigenvalue weighted by Gasteiger charge is 2.19. The number of ether oxygens (including phenoxy) is 3. The molecule has 67 heavy (non-hydrogen) atoms. The summed E-state index contributed by atoms with van der Waals surface area (Å²) in [4.78, 5) is 38.1. The number of carbonyl (C=O) groups is 3. The van der Waals surface area contributed by atoms with E-state index in [1.165, 1.54) is 38.5 Å². The van der Waals surface area contributed by atoms with Crippen LogP contribution in [0.25, 0.3) is 0 Å². The van der Waals surface area contributed by atoms with Crippen LogP contribution in [0.2, 0.25) is 0 Å². The first-order valence-electron chi connectivity index (χ1n) is 26.8. The summed E-state index contributed by atoms with van der Waals surface area (Å²) < 4.78 is 16.8. The molecule has 0 aromatic rings. The molecule has 0 amide bonds. The molecule has 0 aliphatic rings. The first-order chi connectivity index (χ1) is 33.0. The Morgan fingerprint density at radius 3 is 0.910 bits per heavy atom. The Kier molecular flexibility index (Phi) is 50.6. The van der Waals surface area contributed by atoms with E-state index in [0.29, 0.717) is 12.8 Å². The molecule has 6 nitrogen and oxygen atoms in total. The molecule has 0 saturated carbocycles. The maximum atomic E-state index is 12.8. The normalized spacial score (nSPS) is 13.2. The summed E-state index contributed by atoms with van der Waals surface area (Å²) in [7, 11) is 0. The van der Waals surface area contributed by atoms with E-state index >= 15 is 0 Å². The highest BCUT2D eigenvalue weighted by Crippen LogP contribution is 2.13. The number of rotatable bonds is 46. The summed E-state index contributed by atoms with van der Waals surface area (Å²) in [6, 6.07) is 0. The molecule has 0 bridgehead atoms. The van der Waals surface area contributed by atoms with Gasteiger partial charge < -0.3 is 14.2 Å². The van der Waals surface area contributed by atoms with Crippen molar-refractivity contribution in [3.8, 4) is 0 Å². The van der Waals surface area contributed by atoms with Crippen LogP contribution in [0.15, 0.2) is 134 Å². The van der Waals surface area contributed by atoms with Gasteiger partial charge in [0.05, 0.1) is 0 Å². The van der Waals surface area contributed by atoms with Crippen LogP contribution in [0, 0.1) is 0 Å². The van der Waals surface area contributed by atoms with Crippen molar-refractivity contribution in [3.05, 3.63) is 134 Å². The SMILES string of the molecule is CC\C=C/C=C\C=C/CCCCCCCC(=O)OCC(COC(=O)CCCCCCC\C=C/C=C\C=C/C=C\CCCCC)OC(=O)CCCCCCC\C=C/C=C\C=C/C=C\CCCCC. The summed E-state index contributed by atoms with van der Waals surface area (Å²) in [6.45, 7) is 6.35. The predicted octanol–water partition coefficient (Wildman–Crippen LogP) is 17.9. The molecular weight excluding hydrogens is 829 g/mol. The van der Waals surface area contributed by atoms with Gasteiger partial charge in [-0.3, -0.25) is 14.4 Å². The number of hydrogen-bond donors (Lipinski definition) is 0. The van der Waals surface area contributed by atoms with Crippen LogP contribution >= 0.6 is 0 Å². The largest absolute Gasteiger partial charge is 0.462 e. The molecule has 0 radical (unpaired) electrons. The van der Waals surface area contributed by atoms with Crippen molar-refractivity contribution >= 4 is 17.9 Å². The lowest BCUT2D eigenvalue weighted by Crippen LogP contribution is -2.30. The maximum Gasteiger partial charge on any atom is 0.306 e. The molecule has 0 saturated heterocycles. The van der Waals surface area contributed by atoms with Crippen molar-refractivity contribution in [1.82, 2.24) is 0 Å². The van der Waals surface area contributed by atoms with Gasteiger partial charge in [-0.15, -0.1) is 0 Å². The average molecular weight is 925 g/mol. The van der Waals surface area contributed by atoms with E-state index in [1.54, 1.807) is 0 Å². The minimum absolute atomic E-state index is 0.112. The Morgan fingerprint density at radius 2 is 0.582 bits per heavy atom. The van der Waals surface area contributed by atoms with E-state index in [-0.39, 0.29) is 37.5 Å². The van der Waals surface area contributed by atoms with E-state index in [9.17, 15) is 14.4 Å². The van der Waals surface area contributed by atoms with Crippen molar-refractivity contribution in [3.63, 3.8) is 0 Å². The second-order valence-electron chi connectivity index (χ2n) is 17.3. The van der Waals surface area contributed by atoms with E-state index < -0.39 is 6.10 Å². The van der Waals surface area contributed by atoms with Gasteiger partial charge in [0.1, 0.15) is 13.2 Å². The second-order valence-corrected chi connectivity index (χ2v) is 17.3. The first kappa shape index (κ1) is 62.5. The van der Waals surface area contributed by atoms with E-state index in [4.69, 9.17) is 14.2 Å². The number of esters is 3. The monoisotopic (exact) mass is 925 g/mol. The van der Waals surface area contributed by atoms with Gasteiger partial charge in [-0.05, 0) is 89.9 Å². The number of hydrogen-bond acceptors (Lipinski definition) is 6. The zero-order valence-corrected chi connectivity index (χ0v) is 42.9. The van der Waals surface area contributed by atoms with Crippen molar-refractivity contribution in [1.29, 1.82) is 0 Å². The molecule has 1 unspecified atom stereocenters. The highest BCUT2D eigenvalue weighted by atomic mass is 16.6. The molecule has 0 fully saturated rings. The van der Waals surface area contributed by atoms with Gasteiger partial charge >= 0.3 is 17.9 Å². The van der Waals surface area contributed by atoms with Crippen molar-refractivity contribution in [2.45, 2.75) is 219 Å². The zero-order chi connectivity index (χ0) is 48.6. The Hall–Kier alpha value is -4.45. The van der Waals surface area contributed by atoms with Crippen molar-refractivity contribution in [2.24, 2.45) is 0 Å². The molecular formula is C61H96O6. The molecule has 0 spiro atoms. The molecule has 1 atom stereocenters. The molecule has 0 aromatic carbocycles. The van der Waals surface area contributed by atoms with Crippen LogP contribution < -0.4 is 0 Å². The van der Waals surface area contributed by atoms with Crippen LogP contribution in [-0.4, -0.2) is 37.2 Å². The lowest BCUT2D eigenvalue weighted by molar-refractivity contribution is -0.167. The Labute approximate surface area is 411 Å². The van der Waals surface area contributed by atoms with Crippen LogP contribution in [0.1, 0.15) is 213 Å². The molecule has 0 rings (SSSR count). The van der Waals surface area contributed by atoms with E-state index in [1.807, 2.05) is 0 Å². The summed E-state index contributed by atoms with van der Waals surface area (Å²) in [5.74, 6) is -0.984. The smallest absolute Gasteiger partial charge is 0.306 e. The molecule has 6 heteroatoms. The highest BCUT2D eigenvalue weighted by molar-refractivity contribution is 5.71. The topological polar surface area (TPSA) is 78.9 Å². The summed E-state index contributed by atoms with van der Waals surface area (Å²) in [5, 5.41) is 0. The molecule has 0 N–H and O–H groups in total. The Balaban J connectivity index is 4.54. The van der Waals surface area contributed by atoms with E-state index in [2.05, 4.69) is 154 Å². The molecule has 0 heterocycles. The molecule has 0 aromatic heterocycles. The van der Waals surface area contributed by atoms with Crippen molar-refractivity contribution in [2.75, 3.05) is 13.2 Å². The predicted molar refractivity (Wildman–Crippen MR) is 288 cm³/mol. The van der Waals surface area contributed by atoms with Crippen LogP contribution in [0.4, 0.5) is 0 Å². The van der Waals surface area contributed by atoms with Gasteiger partial charge in [0.2, 0.25) is 0 Å². The number of unbranched alkanes of at least 4 members (excludes halogenated alkanes) is 21. The van der Waals surface area contributed by atoms with Crippen LogP contribution in [0.3, 0.4) is 0 Å². The third-order valence-electron chi connectivity index (χ3n) is 10.9.